The molecule has 3 aromatic rings. The van der Waals surface area contributed by atoms with Crippen LogP contribution in [0, 0.1) is 20.8 Å². The number of rotatable bonds is 6. The molecule has 1 aliphatic rings. The third-order valence-electron chi connectivity index (χ3n) is 5.59. The molecule has 0 unspecified atom stereocenters. The van der Waals surface area contributed by atoms with Crippen LogP contribution < -0.4 is 10.3 Å². The third kappa shape index (κ3) is 4.69. The van der Waals surface area contributed by atoms with Crippen molar-refractivity contribution in [2.24, 2.45) is 0 Å². The van der Waals surface area contributed by atoms with Gasteiger partial charge in [-0.3, -0.25) is 14.6 Å². The van der Waals surface area contributed by atoms with Crippen LogP contribution in [0.4, 0.5) is 0 Å². The van der Waals surface area contributed by atoms with Crippen molar-refractivity contribution in [1.82, 2.24) is 19.8 Å². The van der Waals surface area contributed by atoms with Gasteiger partial charge in [0, 0.05) is 37.6 Å². The summed E-state index contributed by atoms with van der Waals surface area (Å²) in [5, 5.41) is 0.745. The van der Waals surface area contributed by atoms with Crippen molar-refractivity contribution in [1.29, 1.82) is 0 Å². The zero-order valence-corrected chi connectivity index (χ0v) is 18.1. The lowest BCUT2D eigenvalue weighted by atomic mass is 10.2. The predicted octanol–water partition coefficient (Wildman–Crippen LogP) is 3.11. The van der Waals surface area contributed by atoms with E-state index in [0.29, 0.717) is 13.2 Å². The lowest BCUT2D eigenvalue weighted by Crippen LogP contribution is -2.47. The molecule has 2 aromatic heterocycles. The fourth-order valence-corrected chi connectivity index (χ4v) is 4.80. The number of thiophene rings is 1. The summed E-state index contributed by atoms with van der Waals surface area (Å²) in [5.41, 5.74) is 2.25. The molecule has 7 heteroatoms. The fourth-order valence-electron chi connectivity index (χ4n) is 3.75. The lowest BCUT2D eigenvalue weighted by molar-refractivity contribution is 0.111. The fraction of sp³-hybridized carbons (Fsp3) is 0.455. The number of nitrogens with zero attached hydrogens (tertiary/aromatic N) is 3. The second-order valence-corrected chi connectivity index (χ2v) is 8.96. The molecular weight excluding hydrogens is 384 g/mol. The number of fused-ring (bicyclic) bond motifs is 1. The molecule has 0 amide bonds. The van der Waals surface area contributed by atoms with Gasteiger partial charge in [-0.05, 0) is 44.0 Å². The summed E-state index contributed by atoms with van der Waals surface area (Å²) in [6, 6.07) is 8.18. The van der Waals surface area contributed by atoms with Crippen LogP contribution in [0.5, 0.6) is 5.75 Å². The van der Waals surface area contributed by atoms with E-state index in [1.165, 1.54) is 5.56 Å². The number of hydrogen-bond donors (Lipinski definition) is 1. The molecule has 0 bridgehead atoms. The number of H-pyrrole nitrogens is 1. The molecule has 1 aliphatic heterocycles. The van der Waals surface area contributed by atoms with Crippen LogP contribution in [0.15, 0.2) is 29.1 Å². The lowest BCUT2D eigenvalue weighted by Gasteiger charge is -2.34. The molecule has 1 N–H and O–H groups in total. The summed E-state index contributed by atoms with van der Waals surface area (Å²) in [5.74, 6) is 1.70. The normalized spacial score (nSPS) is 15.8. The highest BCUT2D eigenvalue weighted by molar-refractivity contribution is 7.18. The Labute approximate surface area is 175 Å². The van der Waals surface area contributed by atoms with Gasteiger partial charge in [-0.25, -0.2) is 4.98 Å². The highest BCUT2D eigenvalue weighted by Crippen LogP contribution is 2.25. The Hall–Kier alpha value is -2.22. The zero-order valence-electron chi connectivity index (χ0n) is 17.3. The van der Waals surface area contributed by atoms with E-state index in [-0.39, 0.29) is 5.56 Å². The van der Waals surface area contributed by atoms with E-state index < -0.39 is 0 Å². The van der Waals surface area contributed by atoms with Crippen molar-refractivity contribution < 1.29 is 4.74 Å². The predicted molar refractivity (Wildman–Crippen MR) is 118 cm³/mol. The van der Waals surface area contributed by atoms with Crippen molar-refractivity contribution in [3.05, 3.63) is 56.4 Å². The van der Waals surface area contributed by atoms with E-state index in [9.17, 15) is 4.79 Å². The Bertz CT molecular complexity index is 1050. The number of ether oxygens (including phenoxy) is 1. The molecule has 0 saturated carbocycles. The molecule has 0 atom stereocenters. The number of piperazine rings is 1. The molecule has 3 heterocycles. The van der Waals surface area contributed by atoms with Crippen molar-refractivity contribution in [2.45, 2.75) is 27.3 Å². The minimum atomic E-state index is -0.0150. The maximum Gasteiger partial charge on any atom is 0.259 e. The Morgan fingerprint density at radius 3 is 2.66 bits per heavy atom. The Kier molecular flexibility index (Phi) is 5.99. The maximum atomic E-state index is 12.5. The van der Waals surface area contributed by atoms with Crippen molar-refractivity contribution in [3.8, 4) is 5.75 Å². The molecule has 29 heavy (non-hydrogen) atoms. The van der Waals surface area contributed by atoms with Gasteiger partial charge in [0.15, 0.2) is 0 Å². The van der Waals surface area contributed by atoms with Gasteiger partial charge in [0.05, 0.1) is 11.9 Å². The first-order chi connectivity index (χ1) is 14.0. The first-order valence-electron chi connectivity index (χ1n) is 10.1. The van der Waals surface area contributed by atoms with Gasteiger partial charge in [-0.1, -0.05) is 12.1 Å². The maximum absolute atomic E-state index is 12.5. The number of aromatic nitrogens is 2. The van der Waals surface area contributed by atoms with E-state index >= 15 is 0 Å². The average molecular weight is 413 g/mol. The molecule has 154 valence electrons. The van der Waals surface area contributed by atoms with Gasteiger partial charge in [-0.2, -0.15) is 0 Å². The Morgan fingerprint density at radius 1 is 1.14 bits per heavy atom. The molecule has 1 saturated heterocycles. The molecule has 0 aliphatic carbocycles. The minimum Gasteiger partial charge on any atom is -0.492 e. The third-order valence-corrected chi connectivity index (χ3v) is 6.69. The molecule has 1 aromatic carbocycles. The molecule has 4 rings (SSSR count). The van der Waals surface area contributed by atoms with Gasteiger partial charge in [0.25, 0.3) is 5.56 Å². The van der Waals surface area contributed by atoms with E-state index in [0.717, 1.165) is 65.0 Å². The summed E-state index contributed by atoms with van der Waals surface area (Å²) in [4.78, 5) is 26.9. The topological polar surface area (TPSA) is 61.5 Å². The summed E-state index contributed by atoms with van der Waals surface area (Å²) in [6.07, 6.45) is 0. The van der Waals surface area contributed by atoms with Crippen LogP contribution >= 0.6 is 11.3 Å². The second-order valence-electron chi connectivity index (χ2n) is 7.76. The Balaban J connectivity index is 1.28. The van der Waals surface area contributed by atoms with Crippen LogP contribution in [0.2, 0.25) is 0 Å². The zero-order chi connectivity index (χ0) is 20.4. The highest BCUT2D eigenvalue weighted by Gasteiger charge is 2.19. The first kappa shape index (κ1) is 20.1. The van der Waals surface area contributed by atoms with Gasteiger partial charge in [-0.15, -0.1) is 11.3 Å². The van der Waals surface area contributed by atoms with E-state index in [2.05, 4.69) is 33.8 Å². The van der Waals surface area contributed by atoms with Crippen molar-refractivity contribution in [3.63, 3.8) is 0 Å². The van der Waals surface area contributed by atoms with Crippen molar-refractivity contribution in [2.75, 3.05) is 39.3 Å². The molecule has 6 nitrogen and oxygen atoms in total. The number of aromatic amines is 1. The van der Waals surface area contributed by atoms with E-state index in [1.54, 1.807) is 11.3 Å². The molecular formula is C22H28N4O2S. The summed E-state index contributed by atoms with van der Waals surface area (Å²) in [7, 11) is 0. The van der Waals surface area contributed by atoms with Gasteiger partial charge in [0.1, 0.15) is 23.0 Å². The molecule has 0 radical (unpaired) electrons. The summed E-state index contributed by atoms with van der Waals surface area (Å²) >= 11 is 1.61. The number of nitrogens with one attached hydrogen (secondary N) is 1. The van der Waals surface area contributed by atoms with Gasteiger partial charge < -0.3 is 9.72 Å². The van der Waals surface area contributed by atoms with E-state index in [4.69, 9.17) is 9.72 Å². The molecule has 0 spiro atoms. The van der Waals surface area contributed by atoms with Gasteiger partial charge in [0.2, 0.25) is 0 Å². The number of benzene rings is 1. The minimum absolute atomic E-state index is 0.0150. The van der Waals surface area contributed by atoms with E-state index in [1.807, 2.05) is 26.0 Å². The average Bonchev–Trinajstić information content (AvgIpc) is 2.97. The number of hydrogen-bond acceptors (Lipinski definition) is 6. The summed E-state index contributed by atoms with van der Waals surface area (Å²) in [6.45, 7) is 12.4. The second kappa shape index (κ2) is 8.65. The van der Waals surface area contributed by atoms with Crippen LogP contribution in [-0.2, 0) is 6.54 Å². The van der Waals surface area contributed by atoms with Crippen LogP contribution in [0.1, 0.15) is 21.8 Å². The summed E-state index contributed by atoms with van der Waals surface area (Å²) < 4.78 is 5.87. The first-order valence-corrected chi connectivity index (χ1v) is 10.9. The highest BCUT2D eigenvalue weighted by atomic mass is 32.1. The quantitative estimate of drug-likeness (QED) is 0.674. The standard InChI is InChI=1S/C22H28N4O2S/c1-15-5-4-6-18(13-15)28-12-11-25-7-9-26(10-8-25)14-19-23-21(27)20-16(2)17(3)29-22(20)24-19/h4-6,13H,7-12,14H2,1-3H3,(H,23,24,27). The largest absolute Gasteiger partial charge is 0.492 e. The number of aryl methyl sites for hydroxylation is 3. The SMILES string of the molecule is Cc1cccc(OCCN2CCN(Cc3nc4sc(C)c(C)c4c(=O)[nH]3)CC2)c1. The Morgan fingerprint density at radius 2 is 1.90 bits per heavy atom. The monoisotopic (exact) mass is 412 g/mol. The molecule has 1 fully saturated rings. The van der Waals surface area contributed by atoms with Crippen molar-refractivity contribution >= 4 is 21.6 Å². The van der Waals surface area contributed by atoms with Crippen LogP contribution in [0.25, 0.3) is 10.2 Å². The van der Waals surface area contributed by atoms with Gasteiger partial charge >= 0.3 is 0 Å². The van der Waals surface area contributed by atoms with Crippen LogP contribution in [0.3, 0.4) is 0 Å². The van der Waals surface area contributed by atoms with Crippen LogP contribution in [-0.4, -0.2) is 59.1 Å². The smallest absolute Gasteiger partial charge is 0.259 e.